The van der Waals surface area contributed by atoms with Crippen molar-refractivity contribution in [2.24, 2.45) is 10.9 Å². The highest BCUT2D eigenvalue weighted by Gasteiger charge is 2.39. The molecule has 2 atom stereocenters. The fourth-order valence-corrected chi connectivity index (χ4v) is 6.27. The first-order chi connectivity index (χ1) is 21.1. The molecule has 2 aliphatic rings. The number of nitrogens with zero attached hydrogens (tertiary/aromatic N) is 3. The number of hydrogen-bond acceptors (Lipinski definition) is 10. The van der Waals surface area contributed by atoms with Gasteiger partial charge in [0.05, 0.1) is 42.2 Å². The van der Waals surface area contributed by atoms with Gasteiger partial charge in [0.2, 0.25) is 11.8 Å². The van der Waals surface area contributed by atoms with Crippen LogP contribution in [0.2, 0.25) is 0 Å². The van der Waals surface area contributed by atoms with Gasteiger partial charge in [-0.1, -0.05) is 23.5 Å². The third-order valence-corrected chi connectivity index (χ3v) is 8.58. The molecule has 228 valence electrons. The molecule has 44 heavy (non-hydrogen) atoms. The summed E-state index contributed by atoms with van der Waals surface area (Å²) in [5.41, 5.74) is 2.62. The number of benzene rings is 2. The Bertz CT molecular complexity index is 1910. The van der Waals surface area contributed by atoms with E-state index in [0.717, 1.165) is 22.5 Å². The molecule has 0 radical (unpaired) electrons. The molecule has 11 nitrogen and oxygen atoms in total. The first kappa shape index (κ1) is 30.8. The molecule has 0 unspecified atom stereocenters. The van der Waals surface area contributed by atoms with Crippen molar-refractivity contribution in [3.05, 3.63) is 84.5 Å². The number of aromatic nitrogens is 1. The third kappa shape index (κ3) is 5.55. The summed E-state index contributed by atoms with van der Waals surface area (Å²) in [5, 5.41) is 2.54. The first-order valence-electron chi connectivity index (χ1n) is 13.8. The van der Waals surface area contributed by atoms with Gasteiger partial charge in [0.25, 0.3) is 5.56 Å². The fraction of sp³-hybridized carbons (Fsp3) is 0.290. The van der Waals surface area contributed by atoms with E-state index in [1.54, 1.807) is 24.3 Å². The van der Waals surface area contributed by atoms with Gasteiger partial charge in [-0.3, -0.25) is 23.9 Å². The van der Waals surface area contributed by atoms with Gasteiger partial charge in [-0.25, -0.2) is 9.79 Å². The van der Waals surface area contributed by atoms with E-state index in [-0.39, 0.29) is 20.0 Å². The molecule has 2 aromatic carbocycles. The number of carbonyl (C=O) groups excluding carboxylic acids is 3. The molecule has 1 saturated heterocycles. The predicted octanol–water partition coefficient (Wildman–Crippen LogP) is 2.45. The van der Waals surface area contributed by atoms with Crippen molar-refractivity contribution in [2.45, 2.75) is 33.7 Å². The molecule has 0 bridgehead atoms. The zero-order valence-electron chi connectivity index (χ0n) is 24.7. The van der Waals surface area contributed by atoms with Crippen LogP contribution in [-0.2, 0) is 19.1 Å². The van der Waals surface area contributed by atoms with Crippen LogP contribution in [0.3, 0.4) is 0 Å². The van der Waals surface area contributed by atoms with Crippen LogP contribution in [0.15, 0.2) is 58.0 Å². The van der Waals surface area contributed by atoms with Crippen LogP contribution < -0.4 is 34.6 Å². The number of anilines is 1. The van der Waals surface area contributed by atoms with Crippen molar-refractivity contribution in [2.75, 3.05) is 25.2 Å². The molecular weight excluding hydrogens is 604 g/mol. The minimum absolute atomic E-state index is 0.0438. The van der Waals surface area contributed by atoms with Crippen LogP contribution >= 0.6 is 23.6 Å². The number of nitrogens with one attached hydrogen (secondary N) is 1. The van der Waals surface area contributed by atoms with E-state index in [0.29, 0.717) is 36.0 Å². The van der Waals surface area contributed by atoms with Crippen molar-refractivity contribution in [1.29, 1.82) is 0 Å². The molecule has 2 amide bonds. The second-order valence-electron chi connectivity index (χ2n) is 9.98. The Hall–Kier alpha value is -4.62. The number of thiazole rings is 1. The first-order valence-corrected chi connectivity index (χ1v) is 15.1. The largest absolute Gasteiger partial charge is 0.490 e. The number of esters is 1. The Kier molecular flexibility index (Phi) is 8.79. The topological polar surface area (TPSA) is 129 Å². The number of ether oxygens (including phenoxy) is 3. The van der Waals surface area contributed by atoms with E-state index in [9.17, 15) is 19.2 Å². The second kappa shape index (κ2) is 12.5. The lowest BCUT2D eigenvalue weighted by molar-refractivity contribution is -0.136. The number of aryl methyl sites for hydroxylation is 2. The number of thiocarbonyl (C=S) groups is 1. The molecule has 2 aliphatic heterocycles. The standard InChI is InChI=1S/C31H30N4O7S2/c1-6-41-22-11-9-18(13-23(22)42-7-2)25-21(29(39)40-5)15-32-31-35(25)28(38)24(44-31)14-20-26(36)33-30(43)34(27(20)37)19-10-8-16(3)17(4)12-19/h8-15,20,25H,6-7H2,1-5H3,(H,33,36,43)/b24-14+/t20-,25-/m0/s1. The second-order valence-corrected chi connectivity index (χ2v) is 11.4. The average molecular weight is 635 g/mol. The van der Waals surface area contributed by atoms with E-state index in [4.69, 9.17) is 26.4 Å². The van der Waals surface area contributed by atoms with Crippen LogP contribution in [0.1, 0.15) is 36.6 Å². The molecule has 1 N–H and O–H groups in total. The molecule has 0 spiro atoms. The van der Waals surface area contributed by atoms with Crippen molar-refractivity contribution in [1.82, 2.24) is 9.88 Å². The average Bonchev–Trinajstić information content (AvgIpc) is 3.32. The van der Waals surface area contributed by atoms with Gasteiger partial charge in [0, 0.05) is 6.20 Å². The molecule has 13 heteroatoms. The molecule has 5 rings (SSSR count). The highest BCUT2D eigenvalue weighted by atomic mass is 32.1. The van der Waals surface area contributed by atoms with Crippen molar-refractivity contribution >= 4 is 58.2 Å². The van der Waals surface area contributed by atoms with E-state index >= 15 is 0 Å². The fourth-order valence-electron chi connectivity index (χ4n) is 5.00. The van der Waals surface area contributed by atoms with Crippen LogP contribution in [-0.4, -0.2) is 47.8 Å². The van der Waals surface area contributed by atoms with Gasteiger partial charge in [0.15, 0.2) is 21.4 Å². The lowest BCUT2D eigenvalue weighted by Gasteiger charge is -2.31. The van der Waals surface area contributed by atoms with Gasteiger partial charge in [-0.2, -0.15) is 0 Å². The number of carbonyl (C=O) groups is 3. The Morgan fingerprint density at radius 3 is 2.45 bits per heavy atom. The molecule has 3 aromatic rings. The van der Waals surface area contributed by atoms with Gasteiger partial charge in [-0.05, 0) is 86.9 Å². The van der Waals surface area contributed by atoms with Gasteiger partial charge in [0.1, 0.15) is 5.92 Å². The Balaban J connectivity index is 1.62. The molecule has 0 aliphatic carbocycles. The Labute approximate surface area is 262 Å². The van der Waals surface area contributed by atoms with E-state index in [1.165, 1.54) is 28.9 Å². The van der Waals surface area contributed by atoms with E-state index < -0.39 is 35.3 Å². The maximum absolute atomic E-state index is 14.0. The SMILES string of the molecule is CCOc1ccc([C@H]2C(C(=O)OC)=CN=c3s/c(=C/[C@H]4C(=O)NC(=S)N(c5ccc(C)c(C)c5)C4=O)c(=O)n32)cc1OCC. The Morgan fingerprint density at radius 1 is 1.05 bits per heavy atom. The van der Waals surface area contributed by atoms with Crippen LogP contribution in [0.4, 0.5) is 5.69 Å². The summed E-state index contributed by atoms with van der Waals surface area (Å²) in [5.74, 6) is -2.28. The Morgan fingerprint density at radius 2 is 1.77 bits per heavy atom. The summed E-state index contributed by atoms with van der Waals surface area (Å²) < 4.78 is 17.9. The van der Waals surface area contributed by atoms with Crippen LogP contribution in [0.5, 0.6) is 11.5 Å². The van der Waals surface area contributed by atoms with Crippen molar-refractivity contribution in [3.63, 3.8) is 0 Å². The van der Waals surface area contributed by atoms with E-state index in [2.05, 4.69) is 10.3 Å². The lowest BCUT2D eigenvalue weighted by atomic mass is 9.97. The normalized spacial score (nSPS) is 18.3. The minimum Gasteiger partial charge on any atom is -0.490 e. The monoisotopic (exact) mass is 634 g/mol. The molecular formula is C31H30N4O7S2. The molecule has 3 heterocycles. The predicted molar refractivity (Wildman–Crippen MR) is 168 cm³/mol. The van der Waals surface area contributed by atoms with Crippen molar-refractivity contribution in [3.8, 4) is 11.5 Å². The van der Waals surface area contributed by atoms with E-state index in [1.807, 2.05) is 39.8 Å². The zero-order valence-corrected chi connectivity index (χ0v) is 26.3. The maximum Gasteiger partial charge on any atom is 0.337 e. The van der Waals surface area contributed by atoms with Crippen LogP contribution in [0, 0.1) is 19.8 Å². The number of methoxy groups -OCH3 is 1. The summed E-state index contributed by atoms with van der Waals surface area (Å²) in [6.07, 6.45) is 2.68. The smallest absolute Gasteiger partial charge is 0.337 e. The number of rotatable bonds is 8. The van der Waals surface area contributed by atoms with Gasteiger partial charge in [-0.15, -0.1) is 0 Å². The van der Waals surface area contributed by atoms with Crippen LogP contribution in [0.25, 0.3) is 6.08 Å². The van der Waals surface area contributed by atoms with Crippen molar-refractivity contribution < 1.29 is 28.6 Å². The summed E-state index contributed by atoms with van der Waals surface area (Å²) in [7, 11) is 1.24. The highest BCUT2D eigenvalue weighted by molar-refractivity contribution is 7.80. The summed E-state index contributed by atoms with van der Waals surface area (Å²) >= 11 is 6.34. The summed E-state index contributed by atoms with van der Waals surface area (Å²) in [4.78, 5) is 59.4. The highest BCUT2D eigenvalue weighted by Crippen LogP contribution is 2.35. The minimum atomic E-state index is -1.33. The van der Waals surface area contributed by atoms with Gasteiger partial charge < -0.3 is 19.5 Å². The number of fused-ring (bicyclic) bond motifs is 1. The summed E-state index contributed by atoms with van der Waals surface area (Å²) in [6, 6.07) is 9.65. The summed E-state index contributed by atoms with van der Waals surface area (Å²) in [6.45, 7) is 8.33. The molecule has 0 saturated carbocycles. The number of amides is 2. The maximum atomic E-state index is 14.0. The zero-order chi connectivity index (χ0) is 31.7. The third-order valence-electron chi connectivity index (χ3n) is 7.28. The quantitative estimate of drug-likeness (QED) is 0.228. The molecule has 1 fully saturated rings. The lowest BCUT2D eigenvalue weighted by Crippen LogP contribution is -2.58. The molecule has 1 aromatic heterocycles. The van der Waals surface area contributed by atoms with Gasteiger partial charge >= 0.3 is 5.97 Å². The number of hydrogen-bond donors (Lipinski definition) is 1.